The normalized spacial score (nSPS) is 12.1. The van der Waals surface area contributed by atoms with E-state index < -0.39 is 42.2 Å². The van der Waals surface area contributed by atoms with E-state index in [0.29, 0.717) is 22.9 Å². The van der Waals surface area contributed by atoms with Gasteiger partial charge in [-0.1, -0.05) is 0 Å². The molecule has 0 unspecified atom stereocenters. The molecule has 1 heterocycles. The van der Waals surface area contributed by atoms with Crippen LogP contribution in [0.2, 0.25) is 0 Å². The number of hydrogen-bond donors (Lipinski definition) is 1. The molecule has 0 radical (unpaired) electrons. The van der Waals surface area contributed by atoms with Crippen LogP contribution >= 0.6 is 0 Å². The molecule has 0 amide bonds. The van der Waals surface area contributed by atoms with Gasteiger partial charge in [-0.25, -0.2) is 0 Å². The molecule has 24 heavy (non-hydrogen) atoms. The van der Waals surface area contributed by atoms with Crippen molar-refractivity contribution < 1.29 is 27.5 Å². The molecule has 0 saturated carbocycles. The Bertz CT molecular complexity index is 784. The summed E-state index contributed by atoms with van der Waals surface area (Å²) in [7, 11) is 0. The number of esters is 1. The van der Waals surface area contributed by atoms with Gasteiger partial charge in [0.2, 0.25) is 5.78 Å². The monoisotopic (exact) mass is 343 g/mol. The maximum atomic E-state index is 12.6. The van der Waals surface area contributed by atoms with Crippen LogP contribution in [0.3, 0.4) is 0 Å². The number of nitriles is 1. The van der Waals surface area contributed by atoms with Crippen molar-refractivity contribution in [2.75, 3.05) is 6.61 Å². The quantitative estimate of drug-likeness (QED) is 0.479. The number of halogens is 3. The number of allylic oxidation sites excluding steroid dienone is 1. The first-order chi connectivity index (χ1) is 11.1. The van der Waals surface area contributed by atoms with E-state index in [9.17, 15) is 27.6 Å². The first-order valence-electron chi connectivity index (χ1n) is 6.39. The lowest BCUT2D eigenvalue weighted by atomic mass is 10.1. The van der Waals surface area contributed by atoms with Crippen LogP contribution in [-0.2, 0) is 27.0 Å². The van der Waals surface area contributed by atoms with Crippen molar-refractivity contribution in [1.29, 1.82) is 5.26 Å². The second kappa shape index (κ2) is 7.45. The van der Waals surface area contributed by atoms with Crippen molar-refractivity contribution in [3.63, 3.8) is 0 Å². The van der Waals surface area contributed by atoms with Crippen molar-refractivity contribution >= 4 is 11.8 Å². The number of hydrogen-bond acceptors (Lipinski definition) is 6. The van der Waals surface area contributed by atoms with Crippen molar-refractivity contribution in [3.8, 4) is 6.07 Å². The number of ether oxygens (including phenoxy) is 1. The molecular weight excluding hydrogens is 331 g/mol. The molecule has 7 nitrogen and oxygen atoms in total. The molecule has 0 fully saturated rings. The Morgan fingerprint density at radius 1 is 1.38 bits per heavy atom. The second-order valence-electron chi connectivity index (χ2n) is 4.64. The molecule has 2 N–H and O–H groups in total. The third-order valence-electron chi connectivity index (χ3n) is 2.76. The van der Waals surface area contributed by atoms with Gasteiger partial charge in [0.1, 0.15) is 18.2 Å². The molecule has 10 heteroatoms. The van der Waals surface area contributed by atoms with Gasteiger partial charge in [-0.2, -0.15) is 18.4 Å². The Hall–Kier alpha value is -3.09. The predicted octanol–water partition coefficient (Wildman–Crippen LogP) is 0.736. The molecule has 0 saturated heterocycles. The Labute approximate surface area is 133 Å². The number of alkyl halides is 3. The average molecular weight is 343 g/mol. The Morgan fingerprint density at radius 2 is 2.00 bits per heavy atom. The van der Waals surface area contributed by atoms with Crippen LogP contribution in [0.4, 0.5) is 13.2 Å². The summed E-state index contributed by atoms with van der Waals surface area (Å²) in [6.45, 7) is -0.326. The smallest absolute Gasteiger partial charge is 0.417 e. The SMILES string of the molecule is CC(N)=C(C#N)C(=O)COC(=O)Cn1cc(C(F)(F)F)ccc1=O. The topological polar surface area (TPSA) is 115 Å². The zero-order valence-electron chi connectivity index (χ0n) is 12.4. The highest BCUT2D eigenvalue weighted by molar-refractivity contribution is 6.01. The van der Waals surface area contributed by atoms with Gasteiger partial charge >= 0.3 is 12.1 Å². The molecule has 1 rings (SSSR count). The molecule has 128 valence electrons. The van der Waals surface area contributed by atoms with Gasteiger partial charge in [0.15, 0.2) is 6.61 Å². The van der Waals surface area contributed by atoms with E-state index >= 15 is 0 Å². The average Bonchev–Trinajstić information content (AvgIpc) is 2.46. The standard InChI is InChI=1S/C14H12F3N3O4/c1-8(19)10(4-18)11(21)7-24-13(23)6-20-5-9(14(15,16)17)2-3-12(20)22/h2-3,5H,6-7,19H2,1H3. The number of aromatic nitrogens is 1. The van der Waals surface area contributed by atoms with Gasteiger partial charge in [0.05, 0.1) is 5.56 Å². The van der Waals surface area contributed by atoms with Gasteiger partial charge < -0.3 is 15.0 Å². The minimum atomic E-state index is -4.68. The number of carbonyl (C=O) groups excluding carboxylic acids is 2. The van der Waals surface area contributed by atoms with E-state index in [2.05, 4.69) is 4.74 Å². The summed E-state index contributed by atoms with van der Waals surface area (Å²) >= 11 is 0. The molecule has 0 bridgehead atoms. The van der Waals surface area contributed by atoms with E-state index in [0.717, 1.165) is 0 Å². The first kappa shape index (κ1) is 19.0. The van der Waals surface area contributed by atoms with Crippen molar-refractivity contribution in [1.82, 2.24) is 4.57 Å². The third kappa shape index (κ3) is 4.98. The third-order valence-corrected chi connectivity index (χ3v) is 2.76. The van der Waals surface area contributed by atoms with Gasteiger partial charge in [-0.3, -0.25) is 14.4 Å². The lowest BCUT2D eigenvalue weighted by Crippen LogP contribution is -2.27. The van der Waals surface area contributed by atoms with Gasteiger partial charge in [0.25, 0.3) is 5.56 Å². The predicted molar refractivity (Wildman–Crippen MR) is 74.2 cm³/mol. The van der Waals surface area contributed by atoms with Crippen LogP contribution in [0, 0.1) is 11.3 Å². The molecule has 0 spiro atoms. The van der Waals surface area contributed by atoms with Gasteiger partial charge in [0, 0.05) is 18.0 Å². The van der Waals surface area contributed by atoms with E-state index in [-0.39, 0.29) is 11.3 Å². The highest BCUT2D eigenvalue weighted by Gasteiger charge is 2.31. The fraction of sp³-hybridized carbons (Fsp3) is 0.286. The second-order valence-corrected chi connectivity index (χ2v) is 4.64. The molecular formula is C14H12F3N3O4. The summed E-state index contributed by atoms with van der Waals surface area (Å²) in [6, 6.07) is 2.79. The van der Waals surface area contributed by atoms with Crippen LogP contribution < -0.4 is 11.3 Å². The number of Topliss-reactive ketones (excluding diaryl/α,β-unsaturated/α-hetero) is 1. The number of nitrogens with zero attached hydrogens (tertiary/aromatic N) is 2. The molecule has 0 aliphatic rings. The number of rotatable bonds is 5. The lowest BCUT2D eigenvalue weighted by Gasteiger charge is -2.10. The highest BCUT2D eigenvalue weighted by atomic mass is 19.4. The minimum Gasteiger partial charge on any atom is -0.456 e. The maximum absolute atomic E-state index is 12.6. The summed E-state index contributed by atoms with van der Waals surface area (Å²) in [6.07, 6.45) is -4.21. The number of ketones is 1. The molecule has 0 atom stereocenters. The molecule has 1 aromatic rings. The largest absolute Gasteiger partial charge is 0.456 e. The molecule has 0 aliphatic heterocycles. The van der Waals surface area contributed by atoms with E-state index in [1.165, 1.54) is 6.92 Å². The van der Waals surface area contributed by atoms with Crippen molar-refractivity contribution in [3.05, 3.63) is 45.5 Å². The Balaban J connectivity index is 2.80. The van der Waals surface area contributed by atoms with Crippen LogP contribution in [0.1, 0.15) is 12.5 Å². The number of nitrogens with two attached hydrogens (primary N) is 1. The van der Waals surface area contributed by atoms with Gasteiger partial charge in [-0.15, -0.1) is 0 Å². The number of pyridine rings is 1. The van der Waals surface area contributed by atoms with E-state index in [1.54, 1.807) is 6.07 Å². The fourth-order valence-corrected chi connectivity index (χ4v) is 1.60. The summed E-state index contributed by atoms with van der Waals surface area (Å²) < 4.78 is 42.8. The van der Waals surface area contributed by atoms with Crippen LogP contribution in [0.15, 0.2) is 34.4 Å². The highest BCUT2D eigenvalue weighted by Crippen LogP contribution is 2.27. The molecule has 0 aliphatic carbocycles. The summed E-state index contributed by atoms with van der Waals surface area (Å²) in [5.74, 6) is -1.97. The van der Waals surface area contributed by atoms with Crippen molar-refractivity contribution in [2.45, 2.75) is 19.6 Å². The van der Waals surface area contributed by atoms with E-state index in [4.69, 9.17) is 11.0 Å². The van der Waals surface area contributed by atoms with Crippen LogP contribution in [0.5, 0.6) is 0 Å². The Morgan fingerprint density at radius 3 is 2.50 bits per heavy atom. The lowest BCUT2D eigenvalue weighted by molar-refractivity contribution is -0.148. The number of carbonyl (C=O) groups is 2. The van der Waals surface area contributed by atoms with E-state index in [1.807, 2.05) is 0 Å². The summed E-state index contributed by atoms with van der Waals surface area (Å²) in [5, 5.41) is 8.71. The molecule has 1 aromatic heterocycles. The fourth-order valence-electron chi connectivity index (χ4n) is 1.60. The summed E-state index contributed by atoms with van der Waals surface area (Å²) in [5.41, 5.74) is 2.89. The zero-order valence-corrected chi connectivity index (χ0v) is 12.4. The maximum Gasteiger partial charge on any atom is 0.417 e. The zero-order chi connectivity index (χ0) is 18.5. The van der Waals surface area contributed by atoms with Crippen molar-refractivity contribution in [2.24, 2.45) is 5.73 Å². The Kier molecular flexibility index (Phi) is 5.89. The van der Waals surface area contributed by atoms with Crippen LogP contribution in [-0.4, -0.2) is 22.9 Å². The summed E-state index contributed by atoms with van der Waals surface area (Å²) in [4.78, 5) is 34.6. The van der Waals surface area contributed by atoms with Crippen LogP contribution in [0.25, 0.3) is 0 Å². The molecule has 0 aromatic carbocycles. The minimum absolute atomic E-state index is 0.0624. The first-order valence-corrected chi connectivity index (χ1v) is 6.39. The van der Waals surface area contributed by atoms with Gasteiger partial charge in [-0.05, 0) is 13.0 Å².